The second-order valence-corrected chi connectivity index (χ2v) is 18.6. The predicted molar refractivity (Wildman–Crippen MR) is 260 cm³/mol. The number of ether oxygens (including phenoxy) is 4. The molecule has 5 fully saturated rings. The second-order valence-electron chi connectivity index (χ2n) is 18.6. The van der Waals surface area contributed by atoms with Gasteiger partial charge in [-0.05, 0) is 98.5 Å². The van der Waals surface area contributed by atoms with E-state index in [1.807, 2.05) is 0 Å². The minimum Gasteiger partial charge on any atom is -0.463 e. The van der Waals surface area contributed by atoms with E-state index in [0.29, 0.717) is 33.4 Å². The van der Waals surface area contributed by atoms with Gasteiger partial charge < -0.3 is 29.6 Å². The number of benzene rings is 4. The average Bonchev–Trinajstić information content (AvgIpc) is 4.04. The Morgan fingerprint density at radius 1 is 0.395 bits per heavy atom. The highest BCUT2D eigenvalue weighted by atomic mass is 16.6. The van der Waals surface area contributed by atoms with Crippen LogP contribution in [0.15, 0.2) is 97.1 Å². The van der Waals surface area contributed by atoms with Crippen molar-refractivity contribution in [1.82, 2.24) is 39.2 Å². The van der Waals surface area contributed by atoms with Gasteiger partial charge in [0.1, 0.15) is 13.3 Å². The van der Waals surface area contributed by atoms with Gasteiger partial charge in [0.25, 0.3) is 34.5 Å². The molecule has 11 rings (SSSR count). The Bertz CT molecular complexity index is 3010. The number of urea groups is 4. The van der Waals surface area contributed by atoms with Crippen LogP contribution < -0.4 is 10.6 Å². The summed E-state index contributed by atoms with van der Waals surface area (Å²) >= 11 is 0. The monoisotopic (exact) mass is 1040 g/mol. The van der Waals surface area contributed by atoms with E-state index in [1.54, 1.807) is 97.1 Å². The van der Waals surface area contributed by atoms with Crippen molar-refractivity contribution in [1.29, 1.82) is 0 Å². The summed E-state index contributed by atoms with van der Waals surface area (Å²) in [6.45, 7) is 0.145. The molecule has 76 heavy (non-hydrogen) atoms. The lowest BCUT2D eigenvalue weighted by atomic mass is 9.88. The van der Waals surface area contributed by atoms with Crippen molar-refractivity contribution in [3.8, 4) is 0 Å². The SMILES string of the molecule is CCOC(=O)[C@]12N3Cc4ccc(NC(=O)c5ccccc5)cc4CN1C(=O)N1CN4C(=O)N5Cc6cc(NC(=O)c7ccccc7)ccc6CN6C(=O)N(CN(C3=O)[C@]12C(=O)OCC)[C@]4(C(=O)OCC)[C@]65C(=O)OCC. The molecule has 10 amide bonds. The van der Waals surface area contributed by atoms with E-state index in [2.05, 4.69) is 10.6 Å². The van der Waals surface area contributed by atoms with Crippen molar-refractivity contribution in [2.45, 2.75) is 76.5 Å². The average molecular weight is 1040 g/mol. The summed E-state index contributed by atoms with van der Waals surface area (Å²) in [7, 11) is 0. The molecular weight excluding hydrogens is 989 g/mol. The highest BCUT2D eigenvalue weighted by molar-refractivity contribution is 6.13. The van der Waals surface area contributed by atoms with Crippen molar-refractivity contribution in [2.75, 3.05) is 50.4 Å². The number of anilines is 2. The van der Waals surface area contributed by atoms with Crippen LogP contribution in [0.25, 0.3) is 0 Å². The summed E-state index contributed by atoms with van der Waals surface area (Å²) < 4.78 is 23.1. The number of rotatable bonds is 12. The molecule has 4 aromatic rings. The van der Waals surface area contributed by atoms with Crippen molar-refractivity contribution in [2.24, 2.45) is 0 Å². The highest BCUT2D eigenvalue weighted by Gasteiger charge is 2.93. The number of amides is 10. The van der Waals surface area contributed by atoms with Crippen LogP contribution in [0.3, 0.4) is 0 Å². The van der Waals surface area contributed by atoms with E-state index < -0.39 is 122 Å². The lowest BCUT2D eigenvalue weighted by Gasteiger charge is -2.51. The van der Waals surface area contributed by atoms with E-state index in [9.17, 15) is 9.59 Å². The summed E-state index contributed by atoms with van der Waals surface area (Å²) in [6.07, 6.45) is 0. The third kappa shape index (κ3) is 6.16. The zero-order chi connectivity index (χ0) is 53.6. The molecule has 392 valence electrons. The highest BCUT2D eigenvalue weighted by Crippen LogP contribution is 2.61. The normalized spacial score (nSPS) is 24.4. The van der Waals surface area contributed by atoms with E-state index in [4.69, 9.17) is 18.9 Å². The topological polar surface area (TPSA) is 258 Å². The van der Waals surface area contributed by atoms with Crippen LogP contribution in [-0.2, 0) is 64.3 Å². The maximum absolute atomic E-state index is 16.0. The van der Waals surface area contributed by atoms with Gasteiger partial charge in [0.15, 0.2) is 0 Å². The summed E-state index contributed by atoms with van der Waals surface area (Å²) in [4.78, 5) is 159. The number of carbonyl (C=O) groups excluding carboxylic acids is 10. The first-order valence-corrected chi connectivity index (χ1v) is 24.7. The largest absolute Gasteiger partial charge is 0.463 e. The van der Waals surface area contributed by atoms with E-state index in [1.165, 1.54) is 27.7 Å². The van der Waals surface area contributed by atoms with Crippen LogP contribution >= 0.6 is 0 Å². The Morgan fingerprint density at radius 2 is 0.671 bits per heavy atom. The molecule has 24 nitrogen and oxygen atoms in total. The van der Waals surface area contributed by atoms with Gasteiger partial charge in [0.05, 0.1) is 52.6 Å². The van der Waals surface area contributed by atoms with Crippen LogP contribution in [-0.4, -0.2) is 161 Å². The summed E-state index contributed by atoms with van der Waals surface area (Å²) in [5.74, 6) is -6.12. The number of fused-ring (bicyclic) bond motifs is 2. The van der Waals surface area contributed by atoms with Crippen molar-refractivity contribution in [3.05, 3.63) is 130 Å². The van der Waals surface area contributed by atoms with E-state index >= 15 is 38.4 Å². The smallest absolute Gasteiger partial charge is 0.359 e. The minimum absolute atomic E-state index is 0.276. The molecule has 0 saturated carbocycles. The van der Waals surface area contributed by atoms with Gasteiger partial charge in [-0.25, -0.2) is 38.4 Å². The Labute approximate surface area is 433 Å². The third-order valence-electron chi connectivity index (χ3n) is 15.1. The van der Waals surface area contributed by atoms with Gasteiger partial charge in [0.2, 0.25) is 0 Å². The van der Waals surface area contributed by atoms with Crippen LogP contribution in [0.2, 0.25) is 0 Å². The van der Waals surface area contributed by atoms with Crippen LogP contribution in [0.1, 0.15) is 70.7 Å². The standard InChI is InChI=1S/C52H50N10O14/c1-5-73-41(65)49-51(43(67)75-7-3)59-29-60-46(70)56-26-34-20-22-38(54-40(64)32-17-13-10-14-18-32)24-36(34)28-58-48(72)62(52(60,44(68)76-8-4)50(56,58)42(66)74-6-2)30-61(51)47(71)57(49)27-35-23-37(21-19-33(35)25-55(49)45(59)69)53-39(63)31-15-11-9-12-16-31/h9-24H,5-8,25-30H2,1-4H3,(H,53,63)(H,54,64)/t49-,50+,51+,52-. The van der Waals surface area contributed by atoms with Crippen molar-refractivity contribution in [3.63, 3.8) is 0 Å². The summed E-state index contributed by atoms with van der Waals surface area (Å²) in [6, 6.07) is 21.6. The van der Waals surface area contributed by atoms with Crippen molar-refractivity contribution < 1.29 is 66.9 Å². The van der Waals surface area contributed by atoms with Crippen LogP contribution in [0, 0.1) is 0 Å². The molecule has 7 aliphatic rings. The molecule has 7 heterocycles. The molecule has 24 heteroatoms. The maximum atomic E-state index is 16.0. The number of nitrogens with one attached hydrogen (secondary N) is 2. The fourth-order valence-corrected chi connectivity index (χ4v) is 12.1. The lowest BCUT2D eigenvalue weighted by Crippen LogP contribution is -2.81. The zero-order valence-electron chi connectivity index (χ0n) is 41.6. The fourth-order valence-electron chi connectivity index (χ4n) is 12.1. The van der Waals surface area contributed by atoms with Crippen molar-refractivity contribution >= 4 is 71.2 Å². The first kappa shape index (κ1) is 49.0. The molecular formula is C52H50N10O14. The summed E-state index contributed by atoms with van der Waals surface area (Å²) in [5.41, 5.74) is -8.87. The number of carbonyl (C=O) groups is 10. The molecule has 2 N–H and O–H groups in total. The van der Waals surface area contributed by atoms with Gasteiger partial charge in [-0.2, -0.15) is 0 Å². The maximum Gasteiger partial charge on any atom is 0.359 e. The molecule has 0 radical (unpaired) electrons. The van der Waals surface area contributed by atoms with Crippen LogP contribution in [0.4, 0.5) is 30.6 Å². The van der Waals surface area contributed by atoms with E-state index in [0.717, 1.165) is 39.2 Å². The van der Waals surface area contributed by atoms with Crippen LogP contribution in [0.5, 0.6) is 0 Å². The molecule has 0 bridgehead atoms. The number of nitrogens with zero attached hydrogens (tertiary/aromatic N) is 8. The Kier molecular flexibility index (Phi) is 11.4. The quantitative estimate of drug-likeness (QED) is 0.151. The second kappa shape index (κ2) is 17.7. The number of hydrogen-bond acceptors (Lipinski definition) is 14. The minimum atomic E-state index is -2.96. The Morgan fingerprint density at radius 3 is 0.961 bits per heavy atom. The van der Waals surface area contributed by atoms with Gasteiger partial charge in [0, 0.05) is 22.5 Å². The van der Waals surface area contributed by atoms with Gasteiger partial charge in [-0.3, -0.25) is 48.8 Å². The number of hydrogen-bond donors (Lipinski definition) is 2. The first-order chi connectivity index (χ1) is 36.6. The molecule has 0 aliphatic carbocycles. The molecule has 0 spiro atoms. The molecule has 5 saturated heterocycles. The Balaban J connectivity index is 1.11. The summed E-state index contributed by atoms with van der Waals surface area (Å²) in [5, 5.41) is 5.67. The Hall–Kier alpha value is -9.22. The zero-order valence-corrected chi connectivity index (χ0v) is 41.6. The fraction of sp³-hybridized carbons (Fsp3) is 0.346. The molecule has 4 atom stereocenters. The molecule has 4 aromatic carbocycles. The molecule has 0 unspecified atom stereocenters. The predicted octanol–water partition coefficient (Wildman–Crippen LogP) is 3.84. The van der Waals surface area contributed by atoms with Gasteiger partial charge >= 0.3 is 48.0 Å². The van der Waals surface area contributed by atoms with E-state index in [-0.39, 0.29) is 37.8 Å². The molecule has 7 aliphatic heterocycles. The number of esters is 4. The van der Waals surface area contributed by atoms with Gasteiger partial charge in [-0.15, -0.1) is 0 Å². The molecule has 0 aromatic heterocycles. The lowest BCUT2D eigenvalue weighted by molar-refractivity contribution is -0.209. The van der Waals surface area contributed by atoms with Gasteiger partial charge in [-0.1, -0.05) is 48.5 Å². The first-order valence-electron chi connectivity index (χ1n) is 24.7. The third-order valence-corrected chi connectivity index (χ3v) is 15.1.